The zero-order chi connectivity index (χ0) is 17.2. The molecule has 0 aliphatic carbocycles. The van der Waals surface area contributed by atoms with Gasteiger partial charge in [-0.3, -0.25) is 9.59 Å². The number of nitrogens with one attached hydrogen (secondary N) is 2. The first kappa shape index (κ1) is 15.4. The summed E-state index contributed by atoms with van der Waals surface area (Å²) < 4.78 is 0. The van der Waals surface area contributed by atoms with Crippen LogP contribution in [0.25, 0.3) is 10.9 Å². The van der Waals surface area contributed by atoms with E-state index in [1.807, 2.05) is 59.5 Å². The molecule has 0 unspecified atom stereocenters. The molecule has 3 aromatic rings. The third-order valence-electron chi connectivity index (χ3n) is 4.55. The summed E-state index contributed by atoms with van der Waals surface area (Å²) in [5.74, 6) is 0.0508. The summed E-state index contributed by atoms with van der Waals surface area (Å²) >= 11 is 0. The van der Waals surface area contributed by atoms with Crippen LogP contribution >= 0.6 is 0 Å². The van der Waals surface area contributed by atoms with Crippen molar-refractivity contribution in [3.8, 4) is 0 Å². The minimum Gasteiger partial charge on any atom is -0.351 e. The lowest BCUT2D eigenvalue weighted by molar-refractivity contribution is -0.117. The first-order valence-electron chi connectivity index (χ1n) is 8.46. The van der Waals surface area contributed by atoms with Gasteiger partial charge < -0.3 is 15.2 Å². The Morgan fingerprint density at radius 1 is 1.12 bits per heavy atom. The van der Waals surface area contributed by atoms with E-state index in [1.54, 1.807) is 0 Å². The van der Waals surface area contributed by atoms with Crippen molar-refractivity contribution in [2.75, 3.05) is 11.4 Å². The van der Waals surface area contributed by atoms with E-state index in [0.717, 1.165) is 35.1 Å². The molecule has 5 nitrogen and oxygen atoms in total. The van der Waals surface area contributed by atoms with E-state index in [1.165, 1.54) is 0 Å². The van der Waals surface area contributed by atoms with E-state index < -0.39 is 0 Å². The molecule has 1 aliphatic heterocycles. The molecule has 0 atom stereocenters. The summed E-state index contributed by atoms with van der Waals surface area (Å²) in [6.07, 6.45) is 1.55. The molecule has 126 valence electrons. The number of aromatic nitrogens is 1. The summed E-state index contributed by atoms with van der Waals surface area (Å²) in [6.45, 7) is 1.23. The second kappa shape index (κ2) is 6.43. The van der Waals surface area contributed by atoms with E-state index >= 15 is 0 Å². The predicted octanol–water partition coefficient (Wildman–Crippen LogP) is 3.22. The normalized spacial score (nSPS) is 14.2. The largest absolute Gasteiger partial charge is 0.351 e. The molecule has 0 bridgehead atoms. The number of hydrogen-bond donors (Lipinski definition) is 2. The third-order valence-corrected chi connectivity index (χ3v) is 4.55. The van der Waals surface area contributed by atoms with Crippen molar-refractivity contribution in [1.82, 2.24) is 10.3 Å². The quantitative estimate of drug-likeness (QED) is 0.770. The molecule has 25 heavy (non-hydrogen) atoms. The second-order valence-electron chi connectivity index (χ2n) is 6.27. The number of rotatable bonds is 4. The van der Waals surface area contributed by atoms with Gasteiger partial charge in [-0.1, -0.05) is 30.3 Å². The van der Waals surface area contributed by atoms with Crippen LogP contribution in [0.15, 0.2) is 54.6 Å². The Hall–Kier alpha value is -3.08. The molecule has 2 N–H and O–H groups in total. The van der Waals surface area contributed by atoms with E-state index in [2.05, 4.69) is 10.3 Å². The molecule has 0 spiro atoms. The average molecular weight is 333 g/mol. The number of carbonyl (C=O) groups is 2. The number of fused-ring (bicyclic) bond motifs is 1. The molecule has 5 heteroatoms. The smallest absolute Gasteiger partial charge is 0.267 e. The summed E-state index contributed by atoms with van der Waals surface area (Å²) in [6, 6.07) is 17.4. The van der Waals surface area contributed by atoms with Gasteiger partial charge in [-0.2, -0.15) is 0 Å². The number of amides is 2. The Kier molecular flexibility index (Phi) is 3.98. The highest BCUT2D eigenvalue weighted by Gasteiger charge is 2.21. The minimum absolute atomic E-state index is 0.130. The predicted molar refractivity (Wildman–Crippen MR) is 97.5 cm³/mol. The molecule has 1 saturated heterocycles. The lowest BCUT2D eigenvalue weighted by Gasteiger charge is -2.16. The van der Waals surface area contributed by atoms with Crippen LogP contribution in [-0.2, 0) is 11.3 Å². The van der Waals surface area contributed by atoms with Crippen molar-refractivity contribution in [3.63, 3.8) is 0 Å². The molecule has 0 saturated carbocycles. The number of H-pyrrole nitrogens is 1. The van der Waals surface area contributed by atoms with Gasteiger partial charge in [0.15, 0.2) is 0 Å². The Bertz CT molecular complexity index is 895. The van der Waals surface area contributed by atoms with Gasteiger partial charge in [-0.15, -0.1) is 0 Å². The maximum absolute atomic E-state index is 12.3. The van der Waals surface area contributed by atoms with Gasteiger partial charge >= 0.3 is 0 Å². The average Bonchev–Trinajstić information content (AvgIpc) is 3.26. The Morgan fingerprint density at radius 2 is 1.92 bits per heavy atom. The molecule has 2 amide bonds. The van der Waals surface area contributed by atoms with Crippen molar-refractivity contribution < 1.29 is 9.59 Å². The maximum Gasteiger partial charge on any atom is 0.267 e. The molecule has 1 aliphatic rings. The lowest BCUT2D eigenvalue weighted by Crippen LogP contribution is -2.24. The van der Waals surface area contributed by atoms with Crippen LogP contribution in [0, 0.1) is 0 Å². The number of carbonyl (C=O) groups excluding carboxylic acids is 2. The lowest BCUT2D eigenvalue weighted by atomic mass is 10.2. The Balaban J connectivity index is 1.40. The minimum atomic E-state index is -0.130. The number of aromatic amines is 1. The molecule has 0 radical (unpaired) electrons. The number of anilines is 1. The van der Waals surface area contributed by atoms with Crippen molar-refractivity contribution >= 4 is 28.4 Å². The first-order valence-corrected chi connectivity index (χ1v) is 8.46. The monoisotopic (exact) mass is 333 g/mol. The van der Waals surface area contributed by atoms with Crippen LogP contribution < -0.4 is 10.2 Å². The number of nitrogens with zero attached hydrogens (tertiary/aromatic N) is 1. The topological polar surface area (TPSA) is 65.2 Å². The summed E-state index contributed by atoms with van der Waals surface area (Å²) in [5, 5.41) is 3.94. The van der Waals surface area contributed by atoms with Crippen molar-refractivity contribution in [3.05, 3.63) is 65.9 Å². The summed E-state index contributed by atoms with van der Waals surface area (Å²) in [5.41, 5.74) is 3.43. The van der Waals surface area contributed by atoms with Crippen LogP contribution in [0.3, 0.4) is 0 Å². The van der Waals surface area contributed by atoms with Gasteiger partial charge in [0, 0.05) is 36.1 Å². The zero-order valence-electron chi connectivity index (χ0n) is 13.8. The summed E-state index contributed by atoms with van der Waals surface area (Å²) in [7, 11) is 0. The zero-order valence-corrected chi connectivity index (χ0v) is 13.8. The van der Waals surface area contributed by atoms with E-state index in [-0.39, 0.29) is 11.8 Å². The highest BCUT2D eigenvalue weighted by Crippen LogP contribution is 2.21. The van der Waals surface area contributed by atoms with E-state index in [0.29, 0.717) is 18.7 Å². The van der Waals surface area contributed by atoms with Gasteiger partial charge in [0.25, 0.3) is 5.91 Å². The van der Waals surface area contributed by atoms with Crippen LogP contribution in [0.5, 0.6) is 0 Å². The SMILES string of the molecule is O=C(NCc1ccc(N2CCCC2=O)cc1)c1cc2ccccc2[nH]1. The molecular weight excluding hydrogens is 314 g/mol. The molecule has 1 aromatic heterocycles. The number of para-hydroxylation sites is 1. The second-order valence-corrected chi connectivity index (χ2v) is 6.27. The fourth-order valence-corrected chi connectivity index (χ4v) is 3.19. The fraction of sp³-hybridized carbons (Fsp3) is 0.200. The van der Waals surface area contributed by atoms with Crippen LogP contribution in [0.1, 0.15) is 28.9 Å². The molecule has 2 heterocycles. The maximum atomic E-state index is 12.3. The van der Waals surface area contributed by atoms with E-state index in [9.17, 15) is 9.59 Å². The number of benzene rings is 2. The third kappa shape index (κ3) is 3.13. The van der Waals surface area contributed by atoms with Crippen LogP contribution in [0.4, 0.5) is 5.69 Å². The highest BCUT2D eigenvalue weighted by molar-refractivity contribution is 5.98. The number of hydrogen-bond acceptors (Lipinski definition) is 2. The standard InChI is InChI=1S/C20H19N3O2/c24-19-6-3-11-23(19)16-9-7-14(8-10-16)13-21-20(25)18-12-15-4-1-2-5-17(15)22-18/h1-2,4-5,7-10,12,22H,3,6,11,13H2,(H,21,25). The fourth-order valence-electron chi connectivity index (χ4n) is 3.19. The molecule has 1 fully saturated rings. The summed E-state index contributed by atoms with van der Waals surface area (Å²) in [4.78, 5) is 29.0. The Labute approximate surface area is 145 Å². The van der Waals surface area contributed by atoms with Crippen molar-refractivity contribution in [2.45, 2.75) is 19.4 Å². The van der Waals surface area contributed by atoms with Crippen molar-refractivity contribution in [2.24, 2.45) is 0 Å². The first-order chi connectivity index (χ1) is 12.2. The van der Waals surface area contributed by atoms with E-state index in [4.69, 9.17) is 0 Å². The van der Waals surface area contributed by atoms with Gasteiger partial charge in [-0.25, -0.2) is 0 Å². The highest BCUT2D eigenvalue weighted by atomic mass is 16.2. The molecule has 4 rings (SSSR count). The van der Waals surface area contributed by atoms with Crippen molar-refractivity contribution in [1.29, 1.82) is 0 Å². The van der Waals surface area contributed by atoms with Gasteiger partial charge in [-0.05, 0) is 36.2 Å². The van der Waals surface area contributed by atoms with Gasteiger partial charge in [0.05, 0.1) is 0 Å². The Morgan fingerprint density at radius 3 is 2.64 bits per heavy atom. The van der Waals surface area contributed by atoms with Crippen LogP contribution in [0.2, 0.25) is 0 Å². The van der Waals surface area contributed by atoms with Crippen LogP contribution in [-0.4, -0.2) is 23.3 Å². The van der Waals surface area contributed by atoms with Gasteiger partial charge in [0.1, 0.15) is 5.69 Å². The molecule has 2 aromatic carbocycles. The van der Waals surface area contributed by atoms with Gasteiger partial charge in [0.2, 0.25) is 5.91 Å². The molecular formula is C20H19N3O2.